The van der Waals surface area contributed by atoms with E-state index in [1.165, 1.54) is 6.26 Å². The average Bonchev–Trinajstić information content (AvgIpc) is 2.65. The monoisotopic (exact) mass is 300 g/mol. The molecule has 0 saturated carbocycles. The molecule has 0 atom stereocenters. The average molecular weight is 301 g/mol. The van der Waals surface area contributed by atoms with Gasteiger partial charge in [0.25, 0.3) is 0 Å². The van der Waals surface area contributed by atoms with E-state index in [9.17, 15) is 8.42 Å². The number of hydrogen-bond acceptors (Lipinski definition) is 3. The SMILES string of the molecule is CC(C)Cn1c(CCl)nc2c(S(C)(=O)=O)cccc21. The Balaban J connectivity index is 2.77. The lowest BCUT2D eigenvalue weighted by Crippen LogP contribution is -2.07. The zero-order valence-electron chi connectivity index (χ0n) is 11.2. The first-order valence-corrected chi connectivity index (χ1v) is 8.51. The molecule has 0 fully saturated rings. The fraction of sp³-hybridized carbons (Fsp3) is 0.462. The maximum absolute atomic E-state index is 11.8. The van der Waals surface area contributed by atoms with Crippen LogP contribution in [0.15, 0.2) is 23.1 Å². The summed E-state index contributed by atoms with van der Waals surface area (Å²) in [5.41, 5.74) is 1.34. The third kappa shape index (κ3) is 2.77. The molecule has 19 heavy (non-hydrogen) atoms. The van der Waals surface area contributed by atoms with Crippen LogP contribution < -0.4 is 0 Å². The molecule has 1 aromatic heterocycles. The summed E-state index contributed by atoms with van der Waals surface area (Å²) in [6.07, 6.45) is 1.20. The zero-order chi connectivity index (χ0) is 14.2. The van der Waals surface area contributed by atoms with Crippen LogP contribution in [0.2, 0.25) is 0 Å². The largest absolute Gasteiger partial charge is 0.327 e. The van der Waals surface area contributed by atoms with E-state index in [4.69, 9.17) is 11.6 Å². The van der Waals surface area contributed by atoms with Gasteiger partial charge in [-0.3, -0.25) is 0 Å². The molecule has 0 amide bonds. The molecule has 1 aromatic carbocycles. The van der Waals surface area contributed by atoms with Crippen molar-refractivity contribution >= 4 is 32.5 Å². The van der Waals surface area contributed by atoms with Crippen molar-refractivity contribution in [1.29, 1.82) is 0 Å². The fourth-order valence-corrected chi connectivity index (χ4v) is 3.17. The minimum absolute atomic E-state index is 0.263. The number of hydrogen-bond donors (Lipinski definition) is 0. The number of nitrogens with zero attached hydrogens (tertiary/aromatic N) is 2. The minimum Gasteiger partial charge on any atom is -0.327 e. The van der Waals surface area contributed by atoms with Crippen LogP contribution in [0.3, 0.4) is 0 Å². The molecule has 0 spiro atoms. The van der Waals surface area contributed by atoms with E-state index in [1.807, 2.05) is 10.6 Å². The zero-order valence-corrected chi connectivity index (χ0v) is 12.8. The molecule has 4 nitrogen and oxygen atoms in total. The second kappa shape index (κ2) is 5.13. The second-order valence-corrected chi connectivity index (χ2v) is 7.31. The number of imidazole rings is 1. The molecule has 0 saturated heterocycles. The summed E-state index contributed by atoms with van der Waals surface area (Å²) < 4.78 is 25.6. The Hall–Kier alpha value is -1.07. The molecule has 2 rings (SSSR count). The lowest BCUT2D eigenvalue weighted by atomic mass is 10.2. The first kappa shape index (κ1) is 14.3. The number of para-hydroxylation sites is 1. The Kier molecular flexibility index (Phi) is 3.87. The van der Waals surface area contributed by atoms with E-state index in [1.54, 1.807) is 12.1 Å². The Morgan fingerprint density at radius 3 is 2.58 bits per heavy atom. The normalized spacial score (nSPS) is 12.5. The highest BCUT2D eigenvalue weighted by Gasteiger charge is 2.18. The van der Waals surface area contributed by atoms with E-state index >= 15 is 0 Å². The number of halogens is 1. The summed E-state index contributed by atoms with van der Waals surface area (Å²) in [6.45, 7) is 4.97. The minimum atomic E-state index is -3.29. The fourth-order valence-electron chi connectivity index (χ4n) is 2.14. The molecule has 0 aliphatic heterocycles. The van der Waals surface area contributed by atoms with E-state index in [0.717, 1.165) is 12.1 Å². The predicted octanol–water partition coefficient (Wildman–Crippen LogP) is 2.83. The van der Waals surface area contributed by atoms with Crippen molar-refractivity contribution in [3.8, 4) is 0 Å². The van der Waals surface area contributed by atoms with Crippen molar-refractivity contribution in [2.45, 2.75) is 31.2 Å². The molecule has 0 radical (unpaired) electrons. The van der Waals surface area contributed by atoms with Crippen LogP contribution in [0.5, 0.6) is 0 Å². The summed E-state index contributed by atoms with van der Waals surface area (Å²) in [6, 6.07) is 5.22. The van der Waals surface area contributed by atoms with Gasteiger partial charge in [0, 0.05) is 12.8 Å². The van der Waals surface area contributed by atoms with Crippen LogP contribution in [0.4, 0.5) is 0 Å². The van der Waals surface area contributed by atoms with Crippen LogP contribution >= 0.6 is 11.6 Å². The van der Waals surface area contributed by atoms with Gasteiger partial charge in [0.15, 0.2) is 9.84 Å². The van der Waals surface area contributed by atoms with Gasteiger partial charge in [-0.05, 0) is 18.1 Å². The standard InChI is InChI=1S/C13H17ClN2O2S/c1-9(2)8-16-10-5-4-6-11(19(3,17)18)13(10)15-12(16)7-14/h4-6,9H,7-8H2,1-3H3. The predicted molar refractivity (Wildman–Crippen MR) is 77.2 cm³/mol. The van der Waals surface area contributed by atoms with E-state index < -0.39 is 9.84 Å². The highest BCUT2D eigenvalue weighted by Crippen LogP contribution is 2.25. The number of rotatable bonds is 4. The van der Waals surface area contributed by atoms with Gasteiger partial charge in [-0.15, -0.1) is 11.6 Å². The first-order valence-electron chi connectivity index (χ1n) is 6.08. The lowest BCUT2D eigenvalue weighted by Gasteiger charge is -2.10. The molecule has 0 bridgehead atoms. The maximum atomic E-state index is 11.8. The molecular formula is C13H17ClN2O2S. The van der Waals surface area contributed by atoms with Gasteiger partial charge in [0.05, 0.1) is 16.3 Å². The summed E-state index contributed by atoms with van der Waals surface area (Å²) in [7, 11) is -3.29. The van der Waals surface area contributed by atoms with Crippen molar-refractivity contribution in [1.82, 2.24) is 9.55 Å². The Bertz CT molecular complexity index is 705. The Labute approximate surface area is 118 Å². The molecule has 1 heterocycles. The van der Waals surface area contributed by atoms with Crippen LogP contribution in [0.1, 0.15) is 19.7 Å². The smallest absolute Gasteiger partial charge is 0.177 e. The maximum Gasteiger partial charge on any atom is 0.177 e. The van der Waals surface area contributed by atoms with Crippen molar-refractivity contribution in [2.24, 2.45) is 5.92 Å². The molecular weight excluding hydrogens is 284 g/mol. The number of benzene rings is 1. The van der Waals surface area contributed by atoms with Gasteiger partial charge in [0.1, 0.15) is 11.3 Å². The van der Waals surface area contributed by atoms with Crippen LogP contribution in [-0.4, -0.2) is 24.2 Å². The summed E-state index contributed by atoms with van der Waals surface area (Å²) in [4.78, 5) is 4.67. The van der Waals surface area contributed by atoms with Gasteiger partial charge < -0.3 is 4.57 Å². The van der Waals surface area contributed by atoms with E-state index in [0.29, 0.717) is 17.3 Å². The van der Waals surface area contributed by atoms with Gasteiger partial charge >= 0.3 is 0 Å². The van der Waals surface area contributed by atoms with Crippen molar-refractivity contribution in [3.63, 3.8) is 0 Å². The molecule has 6 heteroatoms. The lowest BCUT2D eigenvalue weighted by molar-refractivity contribution is 0.522. The second-order valence-electron chi connectivity index (χ2n) is 5.06. The summed E-state index contributed by atoms with van der Waals surface area (Å²) in [5, 5.41) is 0. The highest BCUT2D eigenvalue weighted by atomic mass is 35.5. The molecule has 104 valence electrons. The highest BCUT2D eigenvalue weighted by molar-refractivity contribution is 7.91. The molecule has 0 aliphatic carbocycles. The van der Waals surface area contributed by atoms with Gasteiger partial charge in [0.2, 0.25) is 0 Å². The number of sulfone groups is 1. The third-order valence-electron chi connectivity index (χ3n) is 2.89. The van der Waals surface area contributed by atoms with E-state index in [-0.39, 0.29) is 10.8 Å². The topological polar surface area (TPSA) is 52.0 Å². The molecule has 0 N–H and O–H groups in total. The van der Waals surface area contributed by atoms with Crippen LogP contribution in [0.25, 0.3) is 11.0 Å². The molecule has 2 aromatic rings. The van der Waals surface area contributed by atoms with Gasteiger partial charge in [-0.1, -0.05) is 19.9 Å². The summed E-state index contributed by atoms with van der Waals surface area (Å²) in [5.74, 6) is 1.41. The van der Waals surface area contributed by atoms with Crippen LogP contribution in [-0.2, 0) is 22.3 Å². The van der Waals surface area contributed by atoms with Gasteiger partial charge in [-0.2, -0.15) is 0 Å². The first-order chi connectivity index (χ1) is 8.84. The van der Waals surface area contributed by atoms with Crippen molar-refractivity contribution < 1.29 is 8.42 Å². The van der Waals surface area contributed by atoms with Crippen molar-refractivity contribution in [2.75, 3.05) is 6.26 Å². The van der Waals surface area contributed by atoms with Gasteiger partial charge in [-0.25, -0.2) is 13.4 Å². The van der Waals surface area contributed by atoms with Crippen molar-refractivity contribution in [3.05, 3.63) is 24.0 Å². The number of aromatic nitrogens is 2. The molecule has 0 unspecified atom stereocenters. The van der Waals surface area contributed by atoms with Crippen LogP contribution in [0, 0.1) is 5.92 Å². The Morgan fingerprint density at radius 1 is 1.37 bits per heavy atom. The number of fused-ring (bicyclic) bond motifs is 1. The summed E-state index contributed by atoms with van der Waals surface area (Å²) >= 11 is 5.92. The third-order valence-corrected chi connectivity index (χ3v) is 4.26. The van der Waals surface area contributed by atoms with E-state index in [2.05, 4.69) is 18.8 Å². The Morgan fingerprint density at radius 2 is 2.05 bits per heavy atom. The number of alkyl halides is 1. The quantitative estimate of drug-likeness (QED) is 0.816. The molecule has 0 aliphatic rings.